The largest absolute Gasteiger partial charge is 0.366 e. The van der Waals surface area contributed by atoms with Gasteiger partial charge in [0.15, 0.2) is 0 Å². The zero-order valence-electron chi connectivity index (χ0n) is 16.8. The number of carbonyl (C=O) groups excluding carboxylic acids is 2. The fraction of sp³-hybridized carbons (Fsp3) is 0.455. The Morgan fingerprint density at radius 2 is 2.07 bits per heavy atom. The fourth-order valence-corrected chi connectivity index (χ4v) is 5.20. The smallest absolute Gasteiger partial charge is 0.294 e. The standard InChI is InChI=1S/C22H28N2O2S/c1-7-15(4)24-20(25)19(27-21(24)26)12-16-9-10-18-17(11-16)14(3)13-22(5,6)23(18)8-2/h7,9-12,14-15H,1,8,13H2,2-6H3/b19-12+. The first-order chi connectivity index (χ1) is 12.7. The van der Waals surface area contributed by atoms with Crippen LogP contribution in [0.5, 0.6) is 0 Å². The molecule has 0 N–H and O–H groups in total. The van der Waals surface area contributed by atoms with Gasteiger partial charge in [0.25, 0.3) is 11.1 Å². The summed E-state index contributed by atoms with van der Waals surface area (Å²) < 4.78 is 0. The summed E-state index contributed by atoms with van der Waals surface area (Å²) in [5.74, 6) is 0.210. The van der Waals surface area contributed by atoms with Crippen LogP contribution in [0.2, 0.25) is 0 Å². The Kier molecular flexibility index (Phi) is 5.26. The minimum absolute atomic E-state index is 0.131. The van der Waals surface area contributed by atoms with Crippen LogP contribution in [0, 0.1) is 0 Å². The molecule has 144 valence electrons. The molecule has 0 radical (unpaired) electrons. The number of amides is 2. The topological polar surface area (TPSA) is 40.6 Å². The molecular formula is C22H28N2O2S. The van der Waals surface area contributed by atoms with Gasteiger partial charge in [0.05, 0.1) is 10.9 Å². The quantitative estimate of drug-likeness (QED) is 0.514. The third-order valence-electron chi connectivity index (χ3n) is 5.60. The molecular weight excluding hydrogens is 356 g/mol. The minimum Gasteiger partial charge on any atom is -0.366 e. The third-order valence-corrected chi connectivity index (χ3v) is 6.48. The first-order valence-electron chi connectivity index (χ1n) is 9.50. The Bertz CT molecular complexity index is 828. The van der Waals surface area contributed by atoms with Crippen LogP contribution in [0.15, 0.2) is 35.8 Å². The van der Waals surface area contributed by atoms with Gasteiger partial charge in [-0.2, -0.15) is 0 Å². The van der Waals surface area contributed by atoms with E-state index < -0.39 is 0 Å². The summed E-state index contributed by atoms with van der Waals surface area (Å²) in [5, 5.41) is -0.233. The van der Waals surface area contributed by atoms with E-state index in [1.807, 2.05) is 12.1 Å². The van der Waals surface area contributed by atoms with Crippen LogP contribution < -0.4 is 4.90 Å². The van der Waals surface area contributed by atoms with Crippen LogP contribution >= 0.6 is 11.8 Å². The second kappa shape index (κ2) is 7.19. The van der Waals surface area contributed by atoms with Crippen molar-refractivity contribution >= 4 is 34.7 Å². The monoisotopic (exact) mass is 384 g/mol. The third kappa shape index (κ3) is 3.45. The Labute approximate surface area is 166 Å². The second-order valence-corrected chi connectivity index (χ2v) is 9.00. The van der Waals surface area contributed by atoms with Crippen molar-refractivity contribution in [2.45, 2.75) is 58.5 Å². The highest BCUT2D eigenvalue weighted by Gasteiger charge is 2.38. The van der Waals surface area contributed by atoms with Crippen molar-refractivity contribution in [2.24, 2.45) is 0 Å². The molecule has 0 aromatic heterocycles. The first kappa shape index (κ1) is 19.7. The molecule has 1 saturated heterocycles. The van der Waals surface area contributed by atoms with Gasteiger partial charge < -0.3 is 4.90 Å². The molecule has 0 spiro atoms. The summed E-state index contributed by atoms with van der Waals surface area (Å²) in [4.78, 5) is 29.0. The molecule has 27 heavy (non-hydrogen) atoms. The van der Waals surface area contributed by atoms with E-state index in [2.05, 4.69) is 51.3 Å². The number of hydrogen-bond donors (Lipinski definition) is 0. The van der Waals surface area contributed by atoms with Gasteiger partial charge >= 0.3 is 0 Å². The Hall–Kier alpha value is -2.01. The van der Waals surface area contributed by atoms with Gasteiger partial charge in [0, 0.05) is 17.8 Å². The number of thioether (sulfide) groups is 1. The predicted octanol–water partition coefficient (Wildman–Crippen LogP) is 5.41. The van der Waals surface area contributed by atoms with Crippen LogP contribution in [-0.2, 0) is 4.79 Å². The molecule has 4 nitrogen and oxygen atoms in total. The molecule has 2 amide bonds. The maximum absolute atomic E-state index is 12.6. The van der Waals surface area contributed by atoms with Gasteiger partial charge in [0.1, 0.15) is 0 Å². The van der Waals surface area contributed by atoms with Gasteiger partial charge in [-0.3, -0.25) is 14.5 Å². The lowest BCUT2D eigenvalue weighted by atomic mass is 9.79. The van der Waals surface area contributed by atoms with Crippen molar-refractivity contribution in [1.82, 2.24) is 4.90 Å². The summed E-state index contributed by atoms with van der Waals surface area (Å²) >= 11 is 1.00. The van der Waals surface area contributed by atoms with Crippen LogP contribution in [0.3, 0.4) is 0 Å². The molecule has 3 rings (SSSR count). The lowest BCUT2D eigenvalue weighted by molar-refractivity contribution is -0.123. The van der Waals surface area contributed by atoms with E-state index in [1.54, 1.807) is 13.0 Å². The van der Waals surface area contributed by atoms with Gasteiger partial charge in [-0.1, -0.05) is 19.1 Å². The number of rotatable bonds is 4. The van der Waals surface area contributed by atoms with E-state index in [4.69, 9.17) is 0 Å². The minimum atomic E-state index is -0.299. The highest BCUT2D eigenvalue weighted by molar-refractivity contribution is 8.18. The van der Waals surface area contributed by atoms with Gasteiger partial charge in [-0.25, -0.2) is 0 Å². The van der Waals surface area contributed by atoms with Crippen LogP contribution in [-0.4, -0.2) is 34.2 Å². The molecule has 2 aliphatic rings. The molecule has 2 atom stereocenters. The van der Waals surface area contributed by atoms with Gasteiger partial charge in [-0.15, -0.1) is 6.58 Å². The summed E-state index contributed by atoms with van der Waals surface area (Å²) in [7, 11) is 0. The Balaban J connectivity index is 1.96. The van der Waals surface area contributed by atoms with E-state index in [1.165, 1.54) is 16.2 Å². The molecule has 2 unspecified atom stereocenters. The zero-order chi connectivity index (χ0) is 19.9. The van der Waals surface area contributed by atoms with Crippen LogP contribution in [0.4, 0.5) is 10.5 Å². The lowest BCUT2D eigenvalue weighted by Gasteiger charge is -2.47. The van der Waals surface area contributed by atoms with Crippen molar-refractivity contribution in [2.75, 3.05) is 11.4 Å². The van der Waals surface area contributed by atoms with Crippen molar-refractivity contribution in [1.29, 1.82) is 0 Å². The number of benzene rings is 1. The maximum atomic E-state index is 12.6. The van der Waals surface area contributed by atoms with Crippen molar-refractivity contribution < 1.29 is 9.59 Å². The summed E-state index contributed by atoms with van der Waals surface area (Å²) in [5.41, 5.74) is 3.68. The maximum Gasteiger partial charge on any atom is 0.294 e. The number of hydrogen-bond acceptors (Lipinski definition) is 4. The SMILES string of the molecule is C=CC(C)N1C(=O)S/C(=C/c2ccc3c(c2)C(C)CC(C)(C)N3CC)C1=O. The van der Waals surface area contributed by atoms with Gasteiger partial charge in [-0.05, 0) is 81.1 Å². The van der Waals surface area contributed by atoms with E-state index >= 15 is 0 Å². The van der Waals surface area contributed by atoms with E-state index in [0.29, 0.717) is 10.8 Å². The molecule has 1 fully saturated rings. The average Bonchev–Trinajstić information content (AvgIpc) is 2.88. The highest BCUT2D eigenvalue weighted by Crippen LogP contribution is 2.44. The average molecular weight is 385 g/mol. The number of anilines is 1. The molecule has 0 bridgehead atoms. The van der Waals surface area contributed by atoms with Crippen molar-refractivity contribution in [3.05, 3.63) is 46.9 Å². The summed E-state index contributed by atoms with van der Waals surface area (Å²) in [6.07, 6.45) is 4.54. The number of nitrogens with zero attached hydrogens (tertiary/aromatic N) is 2. The number of carbonyl (C=O) groups is 2. The molecule has 0 saturated carbocycles. The lowest BCUT2D eigenvalue weighted by Crippen LogP contribution is -2.48. The fourth-order valence-electron chi connectivity index (χ4n) is 4.28. The van der Waals surface area contributed by atoms with E-state index in [-0.39, 0.29) is 22.7 Å². The molecule has 1 aromatic carbocycles. The van der Waals surface area contributed by atoms with E-state index in [0.717, 1.165) is 30.3 Å². The summed E-state index contributed by atoms with van der Waals surface area (Å²) in [6.45, 7) is 15.5. The predicted molar refractivity (Wildman–Crippen MR) is 114 cm³/mol. The van der Waals surface area contributed by atoms with E-state index in [9.17, 15) is 9.59 Å². The molecule has 0 aliphatic carbocycles. The molecule has 1 aromatic rings. The number of imide groups is 1. The molecule has 2 heterocycles. The van der Waals surface area contributed by atoms with Crippen LogP contribution in [0.25, 0.3) is 6.08 Å². The normalized spacial score (nSPS) is 24.3. The summed E-state index contributed by atoms with van der Waals surface area (Å²) in [6, 6.07) is 6.06. The van der Waals surface area contributed by atoms with Crippen molar-refractivity contribution in [3.63, 3.8) is 0 Å². The first-order valence-corrected chi connectivity index (χ1v) is 10.3. The highest BCUT2D eigenvalue weighted by atomic mass is 32.2. The van der Waals surface area contributed by atoms with Crippen LogP contribution in [0.1, 0.15) is 58.1 Å². The Morgan fingerprint density at radius 1 is 1.37 bits per heavy atom. The zero-order valence-corrected chi connectivity index (χ0v) is 17.6. The molecule has 2 aliphatic heterocycles. The number of fused-ring (bicyclic) bond motifs is 1. The van der Waals surface area contributed by atoms with Crippen molar-refractivity contribution in [3.8, 4) is 0 Å². The van der Waals surface area contributed by atoms with Gasteiger partial charge in [0.2, 0.25) is 0 Å². The second-order valence-electron chi connectivity index (χ2n) is 8.01. The Morgan fingerprint density at radius 3 is 2.70 bits per heavy atom. The molecule has 5 heteroatoms.